The molecule has 2 heterocycles. The number of amides is 2. The second-order valence-corrected chi connectivity index (χ2v) is 9.35. The highest BCUT2D eigenvalue weighted by Crippen LogP contribution is 2.41. The van der Waals surface area contributed by atoms with Crippen molar-refractivity contribution in [2.75, 3.05) is 18.9 Å². The Bertz CT molecular complexity index is 1050. The van der Waals surface area contributed by atoms with Gasteiger partial charge in [0.15, 0.2) is 6.04 Å². The van der Waals surface area contributed by atoms with E-state index in [0.717, 1.165) is 13.5 Å². The van der Waals surface area contributed by atoms with Crippen LogP contribution in [0.3, 0.4) is 0 Å². The highest BCUT2D eigenvalue weighted by atomic mass is 19.4. The summed E-state index contributed by atoms with van der Waals surface area (Å²) < 4.78 is 41.8. The van der Waals surface area contributed by atoms with Crippen molar-refractivity contribution in [2.45, 2.75) is 50.4 Å². The summed E-state index contributed by atoms with van der Waals surface area (Å²) in [6.07, 6.45) is -2.63. The zero-order valence-electron chi connectivity index (χ0n) is 18.7. The van der Waals surface area contributed by atoms with Gasteiger partial charge in [0.05, 0.1) is 23.5 Å². The van der Waals surface area contributed by atoms with Gasteiger partial charge in [0.25, 0.3) is 0 Å². The molecule has 9 heteroatoms. The van der Waals surface area contributed by atoms with Crippen molar-refractivity contribution in [1.29, 1.82) is 0 Å². The Morgan fingerprint density at radius 2 is 1.94 bits per heavy atom. The maximum absolute atomic E-state index is 13.9. The third-order valence-electron chi connectivity index (χ3n) is 6.79. The van der Waals surface area contributed by atoms with Crippen molar-refractivity contribution in [3.8, 4) is 0 Å². The smallest absolute Gasteiger partial charge is 0.380 e. The molecule has 1 saturated heterocycles. The Kier molecular flexibility index (Phi) is 5.84. The van der Waals surface area contributed by atoms with Gasteiger partial charge in [-0.15, -0.1) is 0 Å². The van der Waals surface area contributed by atoms with Gasteiger partial charge in [-0.1, -0.05) is 38.1 Å². The molecule has 33 heavy (non-hydrogen) atoms. The number of alkyl halides is 3. The molecule has 4 rings (SSSR count). The van der Waals surface area contributed by atoms with E-state index >= 15 is 0 Å². The van der Waals surface area contributed by atoms with Crippen LogP contribution in [-0.2, 0) is 21.4 Å². The maximum Gasteiger partial charge on any atom is 0.414 e. The molecule has 0 spiro atoms. The highest BCUT2D eigenvalue weighted by Gasteiger charge is 2.48. The molecule has 6 nitrogen and oxygen atoms in total. The summed E-state index contributed by atoms with van der Waals surface area (Å²) in [7, 11) is 1.11. The number of carbonyl (C=O) groups is 2. The Morgan fingerprint density at radius 3 is 2.52 bits per heavy atom. The summed E-state index contributed by atoms with van der Waals surface area (Å²) in [4.78, 5) is 28.7. The van der Waals surface area contributed by atoms with Gasteiger partial charge < -0.3 is 15.5 Å². The first-order valence-electron chi connectivity index (χ1n) is 10.9. The summed E-state index contributed by atoms with van der Waals surface area (Å²) in [5.74, 6) is -1.87. The summed E-state index contributed by atoms with van der Waals surface area (Å²) in [6.45, 7) is 4.32. The number of anilines is 1. The second-order valence-electron chi connectivity index (χ2n) is 9.35. The van der Waals surface area contributed by atoms with E-state index in [0.29, 0.717) is 10.6 Å². The van der Waals surface area contributed by atoms with Gasteiger partial charge in [0.1, 0.15) is 0 Å². The lowest BCUT2D eigenvalue weighted by Crippen LogP contribution is -2.43. The van der Waals surface area contributed by atoms with Gasteiger partial charge >= 0.3 is 6.18 Å². The summed E-state index contributed by atoms with van der Waals surface area (Å²) >= 11 is 0. The Morgan fingerprint density at radius 1 is 1.21 bits per heavy atom. The predicted molar refractivity (Wildman–Crippen MR) is 118 cm³/mol. The first-order valence-corrected chi connectivity index (χ1v) is 10.9. The molecule has 2 aromatic rings. The van der Waals surface area contributed by atoms with Crippen LogP contribution in [0.5, 0.6) is 0 Å². The monoisotopic (exact) mass is 460 g/mol. The SMILES string of the molecule is CN(C(=O)[C@@H]1CNC(=O)C1)C(c1ccc(N[C@@H]2Cc3ccccc3C2(C)C)cn1)C(F)(F)F. The topological polar surface area (TPSA) is 74.3 Å². The molecule has 0 radical (unpaired) electrons. The molecular weight excluding hydrogens is 433 g/mol. The summed E-state index contributed by atoms with van der Waals surface area (Å²) in [5.41, 5.74) is 2.70. The van der Waals surface area contributed by atoms with E-state index in [1.165, 1.54) is 23.4 Å². The van der Waals surface area contributed by atoms with Crippen molar-refractivity contribution in [3.63, 3.8) is 0 Å². The van der Waals surface area contributed by atoms with Crippen LogP contribution in [0.2, 0.25) is 0 Å². The number of aromatic nitrogens is 1. The maximum atomic E-state index is 13.9. The molecule has 1 aromatic carbocycles. The molecule has 3 atom stereocenters. The van der Waals surface area contributed by atoms with E-state index in [1.54, 1.807) is 6.07 Å². The number of hydrogen-bond acceptors (Lipinski definition) is 4. The van der Waals surface area contributed by atoms with Gasteiger partial charge in [-0.2, -0.15) is 13.2 Å². The lowest BCUT2D eigenvalue weighted by Gasteiger charge is -2.32. The third kappa shape index (κ3) is 4.41. The average Bonchev–Trinajstić information content (AvgIpc) is 3.29. The van der Waals surface area contributed by atoms with Gasteiger partial charge in [0, 0.05) is 31.5 Å². The zero-order chi connectivity index (χ0) is 24.0. The van der Waals surface area contributed by atoms with Crippen LogP contribution >= 0.6 is 0 Å². The number of benzene rings is 1. The molecule has 1 aliphatic heterocycles. The van der Waals surface area contributed by atoms with E-state index in [2.05, 4.69) is 41.6 Å². The largest absolute Gasteiger partial charge is 0.414 e. The Hall–Kier alpha value is -3.10. The summed E-state index contributed by atoms with van der Waals surface area (Å²) in [6, 6.07) is 8.95. The molecule has 0 saturated carbocycles. The van der Waals surface area contributed by atoms with Crippen molar-refractivity contribution in [1.82, 2.24) is 15.2 Å². The van der Waals surface area contributed by atoms with Crippen molar-refractivity contribution < 1.29 is 22.8 Å². The fourth-order valence-corrected chi connectivity index (χ4v) is 4.86. The van der Waals surface area contributed by atoms with E-state index in [-0.39, 0.29) is 36.0 Å². The minimum atomic E-state index is -4.71. The van der Waals surface area contributed by atoms with Crippen molar-refractivity contribution >= 4 is 17.5 Å². The number of halogens is 3. The fraction of sp³-hybridized carbons (Fsp3) is 0.458. The molecule has 2 aliphatic rings. The van der Waals surface area contributed by atoms with Crippen molar-refractivity contribution in [3.05, 3.63) is 59.4 Å². The molecule has 176 valence electrons. The van der Waals surface area contributed by atoms with Crippen LogP contribution in [-0.4, -0.2) is 47.5 Å². The number of nitrogens with one attached hydrogen (secondary N) is 2. The standard InChI is InChI=1S/C24H27F3N4O2/c1-23(2)17-7-5-4-6-14(17)10-19(23)30-16-8-9-18(28-13-16)21(24(25,26)27)31(3)22(33)15-11-20(32)29-12-15/h4-9,13,15,19,21,30H,10-12H2,1-3H3,(H,29,32)/t15-,19+,21?/m0/s1. The van der Waals surface area contributed by atoms with Crippen LogP contribution in [0.4, 0.5) is 18.9 Å². The number of nitrogens with zero attached hydrogens (tertiary/aromatic N) is 2. The van der Waals surface area contributed by atoms with Crippen LogP contribution in [0.1, 0.15) is 43.1 Å². The van der Waals surface area contributed by atoms with Gasteiger partial charge in [-0.05, 0) is 29.7 Å². The van der Waals surface area contributed by atoms with Crippen molar-refractivity contribution in [2.24, 2.45) is 5.92 Å². The Balaban J connectivity index is 1.52. The summed E-state index contributed by atoms with van der Waals surface area (Å²) in [5, 5.41) is 5.90. The number of rotatable bonds is 5. The lowest BCUT2D eigenvalue weighted by molar-refractivity contribution is -0.191. The van der Waals surface area contributed by atoms with E-state index < -0.39 is 24.0 Å². The van der Waals surface area contributed by atoms with Crippen LogP contribution in [0, 0.1) is 5.92 Å². The lowest BCUT2D eigenvalue weighted by atomic mass is 9.83. The molecule has 2 N–H and O–H groups in total. The number of carbonyl (C=O) groups excluding carboxylic acids is 2. The normalized spacial score (nSPS) is 22.4. The molecule has 1 aromatic heterocycles. The minimum Gasteiger partial charge on any atom is -0.380 e. The zero-order valence-corrected chi connectivity index (χ0v) is 18.7. The van der Waals surface area contributed by atoms with Gasteiger partial charge in [0.2, 0.25) is 11.8 Å². The van der Waals surface area contributed by atoms with Crippen LogP contribution < -0.4 is 10.6 Å². The van der Waals surface area contributed by atoms with E-state index in [9.17, 15) is 22.8 Å². The minimum absolute atomic E-state index is 0.0441. The first-order chi connectivity index (χ1) is 15.5. The molecule has 2 amide bonds. The Labute approximate surface area is 190 Å². The number of pyridine rings is 1. The first kappa shape index (κ1) is 23.1. The third-order valence-corrected chi connectivity index (χ3v) is 6.79. The van der Waals surface area contributed by atoms with E-state index in [4.69, 9.17) is 0 Å². The fourth-order valence-electron chi connectivity index (χ4n) is 4.86. The highest BCUT2D eigenvalue weighted by molar-refractivity contribution is 5.89. The average molecular weight is 461 g/mol. The molecule has 1 unspecified atom stereocenters. The van der Waals surface area contributed by atoms with Gasteiger partial charge in [-0.25, -0.2) is 0 Å². The predicted octanol–water partition coefficient (Wildman–Crippen LogP) is 3.59. The van der Waals surface area contributed by atoms with E-state index in [1.807, 2.05) is 12.1 Å². The second kappa shape index (κ2) is 8.35. The van der Waals surface area contributed by atoms with Gasteiger partial charge in [-0.3, -0.25) is 14.6 Å². The molecule has 1 aliphatic carbocycles. The number of fused-ring (bicyclic) bond motifs is 1. The molecular formula is C24H27F3N4O2. The molecule has 1 fully saturated rings. The molecule has 0 bridgehead atoms. The number of hydrogen-bond donors (Lipinski definition) is 2. The van der Waals surface area contributed by atoms with Crippen LogP contribution in [0.15, 0.2) is 42.6 Å². The van der Waals surface area contributed by atoms with Crippen LogP contribution in [0.25, 0.3) is 0 Å². The quantitative estimate of drug-likeness (QED) is 0.715.